The molecule has 0 unspecified atom stereocenters. The molecule has 0 spiro atoms. The average Bonchev–Trinajstić information content (AvgIpc) is 3.32. The van der Waals surface area contributed by atoms with E-state index in [0.717, 1.165) is 18.4 Å². The van der Waals surface area contributed by atoms with E-state index in [4.69, 9.17) is 9.47 Å². The Morgan fingerprint density at radius 3 is 2.51 bits per heavy atom. The fraction of sp³-hybridized carbons (Fsp3) is 0.500. The van der Waals surface area contributed by atoms with Crippen molar-refractivity contribution in [3.8, 4) is 0 Å². The van der Waals surface area contributed by atoms with Crippen molar-refractivity contribution in [3.05, 3.63) is 69.4 Å². The van der Waals surface area contributed by atoms with Crippen LogP contribution in [0.25, 0.3) is 0 Å². The highest BCUT2D eigenvalue weighted by Gasteiger charge is 2.22. The Kier molecular flexibility index (Phi) is 9.98. The summed E-state index contributed by atoms with van der Waals surface area (Å²) in [6, 6.07) is 6.12. The monoisotopic (exact) mass is 487 g/mol. The van der Waals surface area contributed by atoms with Crippen LogP contribution in [0.15, 0.2) is 41.5 Å². The number of benzene rings is 1. The molecule has 1 fully saturated rings. The highest BCUT2D eigenvalue weighted by Crippen LogP contribution is 2.14. The lowest BCUT2D eigenvalue weighted by Crippen LogP contribution is -2.36. The van der Waals surface area contributed by atoms with Gasteiger partial charge in [0.05, 0.1) is 12.2 Å². The molecule has 190 valence electrons. The predicted molar refractivity (Wildman–Crippen MR) is 130 cm³/mol. The van der Waals surface area contributed by atoms with Crippen LogP contribution >= 0.6 is 0 Å². The van der Waals surface area contributed by atoms with Crippen LogP contribution in [0.5, 0.6) is 0 Å². The lowest BCUT2D eigenvalue weighted by Gasteiger charge is -2.16. The fourth-order valence-corrected chi connectivity index (χ4v) is 3.88. The number of aromatic nitrogens is 1. The van der Waals surface area contributed by atoms with Gasteiger partial charge in [-0.1, -0.05) is 12.1 Å². The highest BCUT2D eigenvalue weighted by molar-refractivity contribution is 5.99. The number of halogens is 1. The van der Waals surface area contributed by atoms with Crippen molar-refractivity contribution in [1.29, 1.82) is 0 Å². The first-order valence-corrected chi connectivity index (χ1v) is 12.1. The topological polar surface area (TPSA) is 98.7 Å². The van der Waals surface area contributed by atoms with Crippen LogP contribution in [0, 0.1) is 5.82 Å². The molecule has 0 radical (unpaired) electrons. The number of nitrogens with one attached hydrogen (secondary N) is 2. The maximum Gasteiger partial charge on any atom is 0.256 e. The SMILES string of the molecule is CC(C)OCCCNC(=O)c1cn(C[C@H]2CCCO2)cc(C(=O)NCCc2cccc(F)c2)c1=O. The molecule has 2 amide bonds. The van der Waals surface area contributed by atoms with E-state index in [-0.39, 0.29) is 35.7 Å². The highest BCUT2D eigenvalue weighted by atomic mass is 19.1. The standard InChI is InChI=1S/C26H34FN3O5/c1-18(2)34-13-5-10-28-25(32)22-16-30(15-21-8-4-12-35-21)17-23(24(22)31)26(33)29-11-9-19-6-3-7-20(27)14-19/h3,6-7,14,16-18,21H,4-5,8-13,15H2,1-2H3,(H,28,32)(H,29,33)/t21-/m1/s1. The lowest BCUT2D eigenvalue weighted by atomic mass is 10.1. The van der Waals surface area contributed by atoms with Gasteiger partial charge in [-0.2, -0.15) is 0 Å². The summed E-state index contributed by atoms with van der Waals surface area (Å²) in [7, 11) is 0. The Morgan fingerprint density at radius 1 is 1.17 bits per heavy atom. The second-order valence-electron chi connectivity index (χ2n) is 8.91. The molecule has 1 aromatic carbocycles. The predicted octanol–water partition coefficient (Wildman–Crippen LogP) is 2.68. The van der Waals surface area contributed by atoms with Crippen molar-refractivity contribution in [3.63, 3.8) is 0 Å². The van der Waals surface area contributed by atoms with Crippen LogP contribution < -0.4 is 16.1 Å². The van der Waals surface area contributed by atoms with Crippen molar-refractivity contribution in [2.75, 3.05) is 26.3 Å². The number of nitrogens with zero attached hydrogens (tertiary/aromatic N) is 1. The molecule has 1 aliphatic rings. The molecule has 8 nitrogen and oxygen atoms in total. The first kappa shape index (κ1) is 26.6. The molecule has 2 N–H and O–H groups in total. The third kappa shape index (κ3) is 8.29. The molecule has 1 saturated heterocycles. The molecule has 0 saturated carbocycles. The fourth-order valence-electron chi connectivity index (χ4n) is 3.88. The van der Waals surface area contributed by atoms with Gasteiger partial charge >= 0.3 is 0 Å². The number of ether oxygens (including phenoxy) is 2. The summed E-state index contributed by atoms with van der Waals surface area (Å²) in [5.74, 6) is -1.46. The van der Waals surface area contributed by atoms with Crippen LogP contribution in [0.2, 0.25) is 0 Å². The Labute approximate surface area is 204 Å². The third-order valence-corrected chi connectivity index (χ3v) is 5.65. The number of hydrogen-bond donors (Lipinski definition) is 2. The van der Waals surface area contributed by atoms with E-state index in [1.54, 1.807) is 16.7 Å². The number of carbonyl (C=O) groups excluding carboxylic acids is 2. The van der Waals surface area contributed by atoms with E-state index in [1.807, 2.05) is 13.8 Å². The number of carbonyl (C=O) groups is 2. The zero-order chi connectivity index (χ0) is 25.2. The number of pyridine rings is 1. The largest absolute Gasteiger partial charge is 0.379 e. The van der Waals surface area contributed by atoms with Gasteiger partial charge in [0.15, 0.2) is 0 Å². The van der Waals surface area contributed by atoms with Gasteiger partial charge in [0.1, 0.15) is 16.9 Å². The van der Waals surface area contributed by atoms with Crippen LogP contribution in [-0.4, -0.2) is 54.9 Å². The van der Waals surface area contributed by atoms with Crippen molar-refractivity contribution in [2.24, 2.45) is 0 Å². The van der Waals surface area contributed by atoms with E-state index >= 15 is 0 Å². The summed E-state index contributed by atoms with van der Waals surface area (Å²) in [5.41, 5.74) is -0.105. The Hall–Kier alpha value is -3.04. The maximum absolute atomic E-state index is 13.4. The zero-order valence-electron chi connectivity index (χ0n) is 20.3. The molecule has 2 heterocycles. The second-order valence-corrected chi connectivity index (χ2v) is 8.91. The van der Waals surface area contributed by atoms with Gasteiger partial charge in [0.2, 0.25) is 5.43 Å². The molecule has 0 bridgehead atoms. The van der Waals surface area contributed by atoms with Crippen molar-refractivity contribution >= 4 is 11.8 Å². The maximum atomic E-state index is 13.4. The smallest absolute Gasteiger partial charge is 0.256 e. The molecule has 1 aliphatic heterocycles. The van der Waals surface area contributed by atoms with Crippen molar-refractivity contribution in [1.82, 2.24) is 15.2 Å². The molecule has 9 heteroatoms. The van der Waals surface area contributed by atoms with E-state index in [9.17, 15) is 18.8 Å². The summed E-state index contributed by atoms with van der Waals surface area (Å²) in [6.45, 7) is 6.04. The van der Waals surface area contributed by atoms with E-state index < -0.39 is 17.2 Å². The quantitative estimate of drug-likeness (QED) is 0.449. The molecular weight excluding hydrogens is 453 g/mol. The van der Waals surface area contributed by atoms with Gasteiger partial charge in [-0.15, -0.1) is 0 Å². The summed E-state index contributed by atoms with van der Waals surface area (Å²) in [6.07, 6.45) is 5.85. The van der Waals surface area contributed by atoms with E-state index in [0.29, 0.717) is 39.1 Å². The third-order valence-electron chi connectivity index (χ3n) is 5.65. The Morgan fingerprint density at radius 2 is 1.89 bits per heavy atom. The summed E-state index contributed by atoms with van der Waals surface area (Å²) in [5, 5.41) is 5.45. The molecule has 1 aromatic heterocycles. The van der Waals surface area contributed by atoms with Crippen LogP contribution in [-0.2, 0) is 22.4 Å². The van der Waals surface area contributed by atoms with Gasteiger partial charge in [-0.25, -0.2) is 4.39 Å². The normalized spacial score (nSPS) is 15.4. The van der Waals surface area contributed by atoms with Crippen LogP contribution in [0.3, 0.4) is 0 Å². The summed E-state index contributed by atoms with van der Waals surface area (Å²) >= 11 is 0. The minimum atomic E-state index is -0.632. The van der Waals surface area contributed by atoms with Crippen molar-refractivity contribution in [2.45, 2.75) is 58.3 Å². The number of amides is 2. The van der Waals surface area contributed by atoms with Gasteiger partial charge in [0.25, 0.3) is 11.8 Å². The molecule has 1 atom stereocenters. The lowest BCUT2D eigenvalue weighted by molar-refractivity contribution is 0.0756. The summed E-state index contributed by atoms with van der Waals surface area (Å²) < 4.78 is 26.2. The van der Waals surface area contributed by atoms with E-state index in [1.165, 1.54) is 24.5 Å². The first-order valence-electron chi connectivity index (χ1n) is 12.1. The number of rotatable bonds is 12. The van der Waals surface area contributed by atoms with Gasteiger partial charge < -0.3 is 24.7 Å². The molecule has 3 rings (SSSR count). The minimum Gasteiger partial charge on any atom is -0.379 e. The van der Waals surface area contributed by atoms with Gasteiger partial charge in [0, 0.05) is 45.2 Å². The molecule has 35 heavy (non-hydrogen) atoms. The van der Waals surface area contributed by atoms with Gasteiger partial charge in [-0.3, -0.25) is 14.4 Å². The van der Waals surface area contributed by atoms with Crippen molar-refractivity contribution < 1.29 is 23.5 Å². The summed E-state index contributed by atoms with van der Waals surface area (Å²) in [4.78, 5) is 38.7. The number of hydrogen-bond acceptors (Lipinski definition) is 5. The Bertz CT molecular complexity index is 1060. The zero-order valence-corrected chi connectivity index (χ0v) is 20.3. The average molecular weight is 488 g/mol. The molecule has 2 aromatic rings. The van der Waals surface area contributed by atoms with Gasteiger partial charge in [-0.05, 0) is 57.2 Å². The molecule has 0 aliphatic carbocycles. The Balaban J connectivity index is 1.71. The first-order chi connectivity index (χ1) is 16.8. The van der Waals surface area contributed by atoms with Crippen LogP contribution in [0.1, 0.15) is 59.4 Å². The molecular formula is C26H34FN3O5. The van der Waals surface area contributed by atoms with Crippen LogP contribution in [0.4, 0.5) is 4.39 Å². The minimum absolute atomic E-state index is 0.0366. The van der Waals surface area contributed by atoms with E-state index in [2.05, 4.69) is 10.6 Å². The second kappa shape index (κ2) is 13.2.